The number of piperidine rings is 1. The van der Waals surface area contributed by atoms with Crippen molar-refractivity contribution in [3.8, 4) is 5.69 Å². The number of rotatable bonds is 3. The van der Waals surface area contributed by atoms with Gasteiger partial charge in [0.2, 0.25) is 0 Å². The van der Waals surface area contributed by atoms with E-state index in [1.807, 2.05) is 43.3 Å². The first-order valence-corrected chi connectivity index (χ1v) is 8.78. The standard InChI is InChI=1S/C20H22N4O/c1-14-22-18-13-15(20(25)23-16-9-11-21-12-10-16)7-8-19(18)24(14)17-5-3-2-4-6-17/h2-8,13,16,21H,9-12H2,1H3,(H,23,25). The lowest BCUT2D eigenvalue weighted by molar-refractivity contribution is 0.0929. The Morgan fingerprint density at radius 2 is 1.92 bits per heavy atom. The van der Waals surface area contributed by atoms with Crippen LogP contribution in [-0.2, 0) is 0 Å². The van der Waals surface area contributed by atoms with Crippen molar-refractivity contribution < 1.29 is 4.79 Å². The van der Waals surface area contributed by atoms with E-state index in [0.717, 1.165) is 48.5 Å². The number of amides is 1. The Morgan fingerprint density at radius 1 is 1.16 bits per heavy atom. The Balaban J connectivity index is 1.64. The maximum atomic E-state index is 12.6. The molecule has 1 aliphatic heterocycles. The van der Waals surface area contributed by atoms with E-state index in [1.54, 1.807) is 0 Å². The number of nitrogens with zero attached hydrogens (tertiary/aromatic N) is 2. The summed E-state index contributed by atoms with van der Waals surface area (Å²) in [5, 5.41) is 6.45. The summed E-state index contributed by atoms with van der Waals surface area (Å²) in [5.41, 5.74) is 3.61. The van der Waals surface area contributed by atoms with Gasteiger partial charge >= 0.3 is 0 Å². The lowest BCUT2D eigenvalue weighted by atomic mass is 10.1. The lowest BCUT2D eigenvalue weighted by Crippen LogP contribution is -2.42. The van der Waals surface area contributed by atoms with Gasteiger partial charge in [0, 0.05) is 17.3 Å². The molecule has 1 fully saturated rings. The van der Waals surface area contributed by atoms with Crippen LogP contribution in [0.15, 0.2) is 48.5 Å². The van der Waals surface area contributed by atoms with Crippen molar-refractivity contribution in [2.75, 3.05) is 13.1 Å². The smallest absolute Gasteiger partial charge is 0.251 e. The number of benzene rings is 2. The average Bonchev–Trinajstić information content (AvgIpc) is 2.98. The lowest BCUT2D eigenvalue weighted by Gasteiger charge is -2.23. The third-order valence-electron chi connectivity index (χ3n) is 4.77. The molecule has 2 N–H and O–H groups in total. The van der Waals surface area contributed by atoms with Gasteiger partial charge < -0.3 is 10.6 Å². The first kappa shape index (κ1) is 15.8. The first-order chi connectivity index (χ1) is 12.2. The number of hydrogen-bond donors (Lipinski definition) is 2. The highest BCUT2D eigenvalue weighted by atomic mass is 16.1. The van der Waals surface area contributed by atoms with Gasteiger partial charge in [-0.25, -0.2) is 4.98 Å². The van der Waals surface area contributed by atoms with Gasteiger partial charge in [-0.05, 0) is 63.2 Å². The highest BCUT2D eigenvalue weighted by molar-refractivity contribution is 5.97. The highest BCUT2D eigenvalue weighted by Gasteiger charge is 2.17. The summed E-state index contributed by atoms with van der Waals surface area (Å²) < 4.78 is 2.11. The molecule has 0 saturated carbocycles. The summed E-state index contributed by atoms with van der Waals surface area (Å²) in [6.07, 6.45) is 1.96. The van der Waals surface area contributed by atoms with Crippen molar-refractivity contribution in [1.82, 2.24) is 20.2 Å². The van der Waals surface area contributed by atoms with Crippen LogP contribution in [0.25, 0.3) is 16.7 Å². The zero-order valence-electron chi connectivity index (χ0n) is 14.3. The van der Waals surface area contributed by atoms with Crippen LogP contribution in [0.3, 0.4) is 0 Å². The zero-order chi connectivity index (χ0) is 17.2. The molecule has 5 nitrogen and oxygen atoms in total. The number of carbonyl (C=O) groups is 1. The van der Waals surface area contributed by atoms with Crippen molar-refractivity contribution >= 4 is 16.9 Å². The molecule has 128 valence electrons. The van der Waals surface area contributed by atoms with E-state index in [2.05, 4.69) is 32.3 Å². The summed E-state index contributed by atoms with van der Waals surface area (Å²) in [6, 6.07) is 16.2. The molecule has 2 heterocycles. The molecule has 1 aromatic heterocycles. The van der Waals surface area contributed by atoms with Gasteiger partial charge in [-0.1, -0.05) is 18.2 Å². The predicted molar refractivity (Wildman–Crippen MR) is 99.2 cm³/mol. The van der Waals surface area contributed by atoms with Crippen molar-refractivity contribution in [2.45, 2.75) is 25.8 Å². The minimum absolute atomic E-state index is 0.0132. The van der Waals surface area contributed by atoms with E-state index in [0.29, 0.717) is 5.56 Å². The number of carbonyl (C=O) groups excluding carboxylic acids is 1. The van der Waals surface area contributed by atoms with E-state index >= 15 is 0 Å². The van der Waals surface area contributed by atoms with Crippen molar-refractivity contribution in [3.63, 3.8) is 0 Å². The molecule has 1 amide bonds. The van der Waals surface area contributed by atoms with Gasteiger partial charge in [0.1, 0.15) is 5.82 Å². The minimum atomic E-state index is -0.0132. The zero-order valence-corrected chi connectivity index (χ0v) is 14.3. The Morgan fingerprint density at radius 3 is 2.68 bits per heavy atom. The van der Waals surface area contributed by atoms with Crippen LogP contribution in [0.1, 0.15) is 29.0 Å². The molecule has 1 aliphatic rings. The minimum Gasteiger partial charge on any atom is -0.349 e. The number of hydrogen-bond acceptors (Lipinski definition) is 3. The Bertz CT molecular complexity index is 895. The number of imidazole rings is 1. The quantitative estimate of drug-likeness (QED) is 0.774. The second-order valence-electron chi connectivity index (χ2n) is 6.53. The number of aromatic nitrogens is 2. The van der Waals surface area contributed by atoms with Gasteiger partial charge in [0.25, 0.3) is 5.91 Å². The summed E-state index contributed by atoms with van der Waals surface area (Å²) in [6.45, 7) is 3.91. The summed E-state index contributed by atoms with van der Waals surface area (Å²) >= 11 is 0. The van der Waals surface area contributed by atoms with Crippen molar-refractivity contribution in [2.24, 2.45) is 0 Å². The van der Waals surface area contributed by atoms with Gasteiger partial charge in [0.15, 0.2) is 0 Å². The first-order valence-electron chi connectivity index (χ1n) is 8.78. The van der Waals surface area contributed by atoms with Gasteiger partial charge in [-0.3, -0.25) is 9.36 Å². The molecule has 0 bridgehead atoms. The Labute approximate surface area is 147 Å². The van der Waals surface area contributed by atoms with E-state index in [1.165, 1.54) is 0 Å². The molecule has 0 radical (unpaired) electrons. The van der Waals surface area contributed by atoms with Crippen LogP contribution < -0.4 is 10.6 Å². The topological polar surface area (TPSA) is 59.0 Å². The van der Waals surface area contributed by atoms with Crippen LogP contribution in [0, 0.1) is 6.92 Å². The highest BCUT2D eigenvalue weighted by Crippen LogP contribution is 2.22. The summed E-state index contributed by atoms with van der Waals surface area (Å²) in [7, 11) is 0. The van der Waals surface area contributed by atoms with Crippen molar-refractivity contribution in [3.05, 3.63) is 59.9 Å². The fourth-order valence-electron chi connectivity index (χ4n) is 3.48. The fourth-order valence-corrected chi connectivity index (χ4v) is 3.48. The fraction of sp³-hybridized carbons (Fsp3) is 0.300. The molecule has 0 unspecified atom stereocenters. The van der Waals surface area contributed by atoms with Crippen LogP contribution in [0.4, 0.5) is 0 Å². The molecule has 0 spiro atoms. The van der Waals surface area contributed by atoms with Crippen LogP contribution >= 0.6 is 0 Å². The number of para-hydroxylation sites is 1. The Kier molecular flexibility index (Phi) is 4.24. The molecule has 1 saturated heterocycles. The molecule has 0 aliphatic carbocycles. The van der Waals surface area contributed by atoms with Gasteiger partial charge in [-0.15, -0.1) is 0 Å². The maximum Gasteiger partial charge on any atom is 0.251 e. The van der Waals surface area contributed by atoms with Crippen LogP contribution in [0.5, 0.6) is 0 Å². The van der Waals surface area contributed by atoms with Crippen molar-refractivity contribution in [1.29, 1.82) is 0 Å². The summed E-state index contributed by atoms with van der Waals surface area (Å²) in [5.74, 6) is 0.901. The Hall–Kier alpha value is -2.66. The second kappa shape index (κ2) is 6.69. The van der Waals surface area contributed by atoms with Gasteiger partial charge in [-0.2, -0.15) is 0 Å². The number of nitrogens with one attached hydrogen (secondary N) is 2. The molecular formula is C20H22N4O. The van der Waals surface area contributed by atoms with E-state index in [-0.39, 0.29) is 11.9 Å². The predicted octanol–water partition coefficient (Wildman–Crippen LogP) is 2.82. The van der Waals surface area contributed by atoms with E-state index < -0.39 is 0 Å². The molecule has 25 heavy (non-hydrogen) atoms. The monoisotopic (exact) mass is 334 g/mol. The molecule has 2 aromatic carbocycles. The molecule has 5 heteroatoms. The molecule has 3 aromatic rings. The molecule has 0 atom stereocenters. The van der Waals surface area contributed by atoms with Crippen LogP contribution in [0.2, 0.25) is 0 Å². The number of aryl methyl sites for hydroxylation is 1. The normalized spacial score (nSPS) is 15.4. The third kappa shape index (κ3) is 3.15. The third-order valence-corrected chi connectivity index (χ3v) is 4.77. The van der Waals surface area contributed by atoms with E-state index in [9.17, 15) is 4.79 Å². The summed E-state index contributed by atoms with van der Waals surface area (Å²) in [4.78, 5) is 17.2. The maximum absolute atomic E-state index is 12.6. The van der Waals surface area contributed by atoms with E-state index in [4.69, 9.17) is 0 Å². The number of fused-ring (bicyclic) bond motifs is 1. The largest absolute Gasteiger partial charge is 0.349 e. The molecule has 4 rings (SSSR count). The molecular weight excluding hydrogens is 312 g/mol. The SMILES string of the molecule is Cc1nc2cc(C(=O)NC3CCNCC3)ccc2n1-c1ccccc1. The second-order valence-corrected chi connectivity index (χ2v) is 6.53. The average molecular weight is 334 g/mol. The van der Waals surface area contributed by atoms with Gasteiger partial charge in [0.05, 0.1) is 11.0 Å². The van der Waals surface area contributed by atoms with Crippen LogP contribution in [-0.4, -0.2) is 34.6 Å².